The van der Waals surface area contributed by atoms with Crippen LogP contribution in [0.15, 0.2) is 4.74 Å². The van der Waals surface area contributed by atoms with Crippen LogP contribution in [0.1, 0.15) is 88.0 Å². The molecule has 1 nitrogen and oxygen atoms in total. The van der Waals surface area contributed by atoms with Crippen molar-refractivity contribution in [3.8, 4) is 0 Å². The van der Waals surface area contributed by atoms with Crippen molar-refractivity contribution in [1.82, 2.24) is 0 Å². The average Bonchev–Trinajstić information content (AvgIpc) is 2.40. The molecule has 0 aromatic heterocycles. The van der Waals surface area contributed by atoms with Gasteiger partial charge in [0, 0.05) is 0 Å². The highest BCUT2D eigenvalue weighted by atomic mass is 31.0. The fourth-order valence-corrected chi connectivity index (χ4v) is 0.974. The van der Waals surface area contributed by atoms with Crippen LogP contribution in [0.5, 0.6) is 0 Å². The number of hydrogen-bond acceptors (Lipinski definition) is 1. The van der Waals surface area contributed by atoms with Crippen LogP contribution in [-0.4, -0.2) is 5.54 Å². The van der Waals surface area contributed by atoms with Crippen LogP contribution in [0.3, 0.4) is 0 Å². The number of hydrogen-bond donors (Lipinski definition) is 0. The summed E-state index contributed by atoms with van der Waals surface area (Å²) >= 11 is 0. The summed E-state index contributed by atoms with van der Waals surface area (Å²) in [5.74, 6) is 0. The Hall–Kier alpha value is 0.100. The zero-order chi connectivity index (χ0) is 14.5. The summed E-state index contributed by atoms with van der Waals surface area (Å²) in [6.07, 6.45) is 4.80. The molecule has 0 atom stereocenters. The van der Waals surface area contributed by atoms with Gasteiger partial charge in [0.1, 0.15) is 0 Å². The number of rotatable bonds is 5. The monoisotopic (exact) mass is 261 g/mol. The molecule has 0 spiro atoms. The Morgan fingerprint density at radius 1 is 0.765 bits per heavy atom. The Labute approximate surface area is 113 Å². The van der Waals surface area contributed by atoms with Gasteiger partial charge in [0.15, 0.2) is 0 Å². The van der Waals surface area contributed by atoms with Gasteiger partial charge in [-0.05, 0) is 34.2 Å². The SMILES string of the molecule is CC.CCC(C)(C)CC.CCC(C)(CC)N=P. The normalized spacial score (nSPS) is 10.6. The predicted molar refractivity (Wildman–Crippen MR) is 85.4 cm³/mol. The molecule has 0 amide bonds. The smallest absolute Gasteiger partial charge is 0.0615 e. The molecule has 106 valence electrons. The van der Waals surface area contributed by atoms with Crippen LogP contribution in [0.4, 0.5) is 0 Å². The second kappa shape index (κ2) is 12.6. The zero-order valence-corrected chi connectivity index (χ0v) is 14.8. The van der Waals surface area contributed by atoms with Crippen LogP contribution in [-0.2, 0) is 0 Å². The van der Waals surface area contributed by atoms with Gasteiger partial charge in [0.05, 0.1) is 5.54 Å². The lowest BCUT2D eigenvalue weighted by atomic mass is 9.88. The molecule has 0 aliphatic rings. The van der Waals surface area contributed by atoms with Crippen molar-refractivity contribution in [3.05, 3.63) is 0 Å². The van der Waals surface area contributed by atoms with E-state index in [2.05, 4.69) is 62.2 Å². The summed E-state index contributed by atoms with van der Waals surface area (Å²) in [6, 6.07) is 0. The molecular formula is C15H36NP. The fraction of sp³-hybridized carbons (Fsp3) is 1.00. The van der Waals surface area contributed by atoms with Crippen LogP contribution in [0, 0.1) is 5.41 Å². The lowest BCUT2D eigenvalue weighted by Gasteiger charge is -2.18. The standard InChI is InChI=1S/C7H16.C6H14NP.C2H6/c1-5-7(3,4)6-2;1-4-6(3,5-2)7-8;1-2/h5-6H2,1-4H3;8H,4-5H2,1-3H3;1-2H3. The molecule has 0 unspecified atom stereocenters. The Balaban J connectivity index is -0.000000202. The molecule has 0 saturated heterocycles. The van der Waals surface area contributed by atoms with E-state index in [0.717, 1.165) is 12.8 Å². The van der Waals surface area contributed by atoms with Gasteiger partial charge < -0.3 is 0 Å². The van der Waals surface area contributed by atoms with Crippen molar-refractivity contribution in [2.24, 2.45) is 10.2 Å². The molecule has 0 bridgehead atoms. The zero-order valence-electron chi connectivity index (χ0n) is 13.8. The van der Waals surface area contributed by atoms with Gasteiger partial charge in [-0.25, -0.2) is 0 Å². The van der Waals surface area contributed by atoms with E-state index in [0.29, 0.717) is 5.41 Å². The largest absolute Gasteiger partial charge is 0.266 e. The highest BCUT2D eigenvalue weighted by Gasteiger charge is 2.15. The molecule has 0 N–H and O–H groups in total. The van der Waals surface area contributed by atoms with Gasteiger partial charge in [0.2, 0.25) is 0 Å². The van der Waals surface area contributed by atoms with E-state index in [1.165, 1.54) is 12.8 Å². The molecule has 0 aliphatic heterocycles. The Bertz CT molecular complexity index is 154. The number of nitrogens with zero attached hydrogens (tertiary/aromatic N) is 1. The average molecular weight is 261 g/mol. The third-order valence-electron chi connectivity index (χ3n) is 3.71. The Kier molecular flexibility index (Phi) is 16.5. The third-order valence-corrected chi connectivity index (χ3v) is 4.25. The molecular weight excluding hydrogens is 225 g/mol. The highest BCUT2D eigenvalue weighted by molar-refractivity contribution is 7.04. The molecule has 0 aromatic rings. The summed E-state index contributed by atoms with van der Waals surface area (Å²) in [6.45, 7) is 19.5. The van der Waals surface area contributed by atoms with Crippen molar-refractivity contribution in [2.75, 3.05) is 0 Å². The molecule has 0 aliphatic carbocycles. The maximum atomic E-state index is 4.06. The molecule has 0 radical (unpaired) electrons. The van der Waals surface area contributed by atoms with E-state index < -0.39 is 0 Å². The second-order valence-corrected chi connectivity index (χ2v) is 5.41. The van der Waals surface area contributed by atoms with Gasteiger partial charge in [-0.2, -0.15) is 0 Å². The predicted octanol–water partition coefficient (Wildman–Crippen LogP) is 6.75. The van der Waals surface area contributed by atoms with Gasteiger partial charge >= 0.3 is 0 Å². The topological polar surface area (TPSA) is 12.4 Å². The summed E-state index contributed by atoms with van der Waals surface area (Å²) < 4.78 is 4.06. The highest BCUT2D eigenvalue weighted by Crippen LogP contribution is 2.22. The molecule has 0 heterocycles. The summed E-state index contributed by atoms with van der Waals surface area (Å²) in [5.41, 5.74) is 0.747. The quantitative estimate of drug-likeness (QED) is 0.485. The van der Waals surface area contributed by atoms with E-state index >= 15 is 0 Å². The molecule has 0 saturated carbocycles. The van der Waals surface area contributed by atoms with Crippen LogP contribution in [0.2, 0.25) is 0 Å². The first-order chi connectivity index (χ1) is 7.80. The van der Waals surface area contributed by atoms with Crippen LogP contribution < -0.4 is 0 Å². The van der Waals surface area contributed by atoms with Gasteiger partial charge in [0.25, 0.3) is 0 Å². The third kappa shape index (κ3) is 14.0. The van der Waals surface area contributed by atoms with E-state index in [1.807, 2.05) is 13.8 Å². The van der Waals surface area contributed by atoms with Crippen LogP contribution in [0.25, 0.3) is 0 Å². The molecule has 2 heteroatoms. The van der Waals surface area contributed by atoms with Crippen molar-refractivity contribution >= 4 is 9.03 Å². The first-order valence-corrected chi connectivity index (χ1v) is 7.64. The van der Waals surface area contributed by atoms with Crippen LogP contribution >= 0.6 is 9.03 Å². The van der Waals surface area contributed by atoms with Crippen molar-refractivity contribution in [2.45, 2.75) is 93.5 Å². The molecule has 0 fully saturated rings. The minimum absolute atomic E-state index is 0.164. The Morgan fingerprint density at radius 3 is 1.06 bits per heavy atom. The van der Waals surface area contributed by atoms with E-state index in [9.17, 15) is 0 Å². The maximum Gasteiger partial charge on any atom is 0.0615 e. The fourth-order valence-electron chi connectivity index (χ4n) is 0.658. The molecule has 0 rings (SSSR count). The molecule has 17 heavy (non-hydrogen) atoms. The summed E-state index contributed by atoms with van der Waals surface area (Å²) in [5, 5.41) is 0. The van der Waals surface area contributed by atoms with Gasteiger partial charge in [-0.1, -0.05) is 68.2 Å². The lowest BCUT2D eigenvalue weighted by Crippen LogP contribution is -2.16. The maximum absolute atomic E-state index is 4.06. The van der Waals surface area contributed by atoms with Gasteiger partial charge in [-0.3, -0.25) is 4.74 Å². The van der Waals surface area contributed by atoms with Gasteiger partial charge in [-0.15, -0.1) is 0 Å². The minimum Gasteiger partial charge on any atom is -0.266 e. The van der Waals surface area contributed by atoms with Crippen molar-refractivity contribution in [3.63, 3.8) is 0 Å². The first-order valence-electron chi connectivity index (χ1n) is 7.19. The van der Waals surface area contributed by atoms with E-state index in [4.69, 9.17) is 0 Å². The summed E-state index contributed by atoms with van der Waals surface area (Å²) in [4.78, 5) is 0. The lowest BCUT2D eigenvalue weighted by molar-refractivity contribution is 0.338. The molecule has 0 aromatic carbocycles. The summed E-state index contributed by atoms with van der Waals surface area (Å²) in [7, 11) is 3.16. The minimum atomic E-state index is 0.164. The second-order valence-electron chi connectivity index (χ2n) is 5.19. The Morgan fingerprint density at radius 2 is 1.06 bits per heavy atom. The van der Waals surface area contributed by atoms with Crippen molar-refractivity contribution < 1.29 is 0 Å². The first kappa shape index (κ1) is 22.3. The van der Waals surface area contributed by atoms with E-state index in [-0.39, 0.29) is 5.54 Å². The van der Waals surface area contributed by atoms with Crippen molar-refractivity contribution in [1.29, 1.82) is 0 Å². The van der Waals surface area contributed by atoms with E-state index in [1.54, 1.807) is 0 Å².